The van der Waals surface area contributed by atoms with E-state index in [4.69, 9.17) is 10.5 Å². The van der Waals surface area contributed by atoms with Crippen LogP contribution in [0.25, 0.3) is 0 Å². The molecule has 0 aromatic heterocycles. The maximum Gasteiger partial charge on any atom is 0.221 e. The van der Waals surface area contributed by atoms with Gasteiger partial charge in [-0.1, -0.05) is 0 Å². The van der Waals surface area contributed by atoms with E-state index < -0.39 is 0 Å². The first-order valence-corrected chi connectivity index (χ1v) is 4.23. The van der Waals surface area contributed by atoms with Crippen molar-refractivity contribution in [1.82, 2.24) is 5.32 Å². The summed E-state index contributed by atoms with van der Waals surface area (Å²) < 4.78 is 5.17. The number of nitrogens with one attached hydrogen (secondary N) is 1. The lowest BCUT2D eigenvalue weighted by molar-refractivity contribution is -0.122. The van der Waals surface area contributed by atoms with E-state index in [2.05, 4.69) is 5.32 Å². The van der Waals surface area contributed by atoms with Crippen molar-refractivity contribution in [2.45, 2.75) is 24.8 Å². The summed E-state index contributed by atoms with van der Waals surface area (Å²) in [6, 6.07) is 0. The normalized spacial score (nSPS) is 21.8. The molecule has 0 aromatic rings. The van der Waals surface area contributed by atoms with Crippen molar-refractivity contribution in [3.05, 3.63) is 0 Å². The van der Waals surface area contributed by atoms with Crippen LogP contribution in [0, 0.1) is 0 Å². The zero-order valence-electron chi connectivity index (χ0n) is 7.43. The average molecular weight is 172 g/mol. The summed E-state index contributed by atoms with van der Waals surface area (Å²) in [4.78, 5) is 11.1. The number of rotatable bonds is 2. The van der Waals surface area contributed by atoms with Crippen LogP contribution in [0.5, 0.6) is 0 Å². The molecule has 4 nitrogen and oxygen atoms in total. The van der Waals surface area contributed by atoms with Gasteiger partial charge in [0.05, 0.1) is 0 Å². The summed E-state index contributed by atoms with van der Waals surface area (Å²) >= 11 is 0. The Bertz CT molecular complexity index is 164. The predicted octanol–water partition coefficient (Wildman–Crippen LogP) is -0.370. The van der Waals surface area contributed by atoms with Crippen molar-refractivity contribution in [3.63, 3.8) is 0 Å². The third kappa shape index (κ3) is 2.46. The number of hydrogen-bond donors (Lipinski definition) is 2. The van der Waals surface area contributed by atoms with Crippen molar-refractivity contribution in [1.29, 1.82) is 0 Å². The fourth-order valence-corrected chi connectivity index (χ4v) is 1.36. The maximum absolute atomic E-state index is 11.1. The molecule has 0 aromatic carbocycles. The first-order valence-electron chi connectivity index (χ1n) is 4.23. The van der Waals surface area contributed by atoms with Gasteiger partial charge < -0.3 is 15.8 Å². The Morgan fingerprint density at radius 2 is 2.17 bits per heavy atom. The molecule has 1 heterocycles. The van der Waals surface area contributed by atoms with Gasteiger partial charge in [0.1, 0.15) is 0 Å². The minimum atomic E-state index is -0.335. The van der Waals surface area contributed by atoms with Crippen LogP contribution < -0.4 is 11.1 Å². The van der Waals surface area contributed by atoms with Crippen LogP contribution >= 0.6 is 0 Å². The smallest absolute Gasteiger partial charge is 0.221 e. The van der Waals surface area contributed by atoms with E-state index in [1.54, 1.807) is 7.05 Å². The third-order valence-electron chi connectivity index (χ3n) is 2.28. The van der Waals surface area contributed by atoms with E-state index in [0.29, 0.717) is 19.6 Å². The lowest BCUT2D eigenvalue weighted by Crippen LogP contribution is -2.48. The van der Waals surface area contributed by atoms with Gasteiger partial charge in [-0.05, 0) is 12.8 Å². The highest BCUT2D eigenvalue weighted by Gasteiger charge is 2.29. The zero-order valence-corrected chi connectivity index (χ0v) is 7.43. The zero-order chi connectivity index (χ0) is 9.03. The molecule has 1 fully saturated rings. The molecule has 0 saturated carbocycles. The van der Waals surface area contributed by atoms with E-state index in [1.165, 1.54) is 0 Å². The maximum atomic E-state index is 11.1. The second kappa shape index (κ2) is 3.87. The van der Waals surface area contributed by atoms with Gasteiger partial charge in [-0.3, -0.25) is 4.79 Å². The lowest BCUT2D eigenvalue weighted by Gasteiger charge is -2.32. The fraction of sp³-hybridized carbons (Fsp3) is 0.875. The Morgan fingerprint density at radius 3 is 2.67 bits per heavy atom. The highest BCUT2D eigenvalue weighted by atomic mass is 16.5. The Balaban J connectivity index is 2.41. The minimum absolute atomic E-state index is 0.0133. The molecule has 12 heavy (non-hydrogen) atoms. The van der Waals surface area contributed by atoms with Crippen LogP contribution in [0.1, 0.15) is 19.3 Å². The summed E-state index contributed by atoms with van der Waals surface area (Å²) in [7, 11) is 1.63. The van der Waals surface area contributed by atoms with Gasteiger partial charge in [-0.2, -0.15) is 0 Å². The molecule has 0 bridgehead atoms. The Morgan fingerprint density at radius 1 is 1.58 bits per heavy atom. The van der Waals surface area contributed by atoms with Crippen molar-refractivity contribution >= 4 is 5.91 Å². The van der Waals surface area contributed by atoms with Crippen molar-refractivity contribution in [2.75, 3.05) is 20.3 Å². The number of carbonyl (C=O) groups excluding carboxylic acids is 1. The van der Waals surface area contributed by atoms with Crippen molar-refractivity contribution < 1.29 is 9.53 Å². The second-order valence-electron chi connectivity index (χ2n) is 3.32. The van der Waals surface area contributed by atoms with E-state index >= 15 is 0 Å². The molecule has 3 N–H and O–H groups in total. The topological polar surface area (TPSA) is 64.4 Å². The first-order chi connectivity index (χ1) is 5.66. The van der Waals surface area contributed by atoms with Crippen molar-refractivity contribution in [3.8, 4) is 0 Å². The number of hydrogen-bond acceptors (Lipinski definition) is 3. The van der Waals surface area contributed by atoms with Gasteiger partial charge in [-0.25, -0.2) is 0 Å². The molecule has 1 rings (SSSR count). The van der Waals surface area contributed by atoms with Crippen LogP contribution in [0.15, 0.2) is 0 Å². The molecule has 1 saturated heterocycles. The van der Waals surface area contributed by atoms with Crippen LogP contribution in [0.3, 0.4) is 0 Å². The van der Waals surface area contributed by atoms with Gasteiger partial charge in [0.2, 0.25) is 5.91 Å². The third-order valence-corrected chi connectivity index (χ3v) is 2.28. The summed E-state index contributed by atoms with van der Waals surface area (Å²) in [5, 5.41) is 2.58. The van der Waals surface area contributed by atoms with Crippen LogP contribution in [-0.2, 0) is 9.53 Å². The van der Waals surface area contributed by atoms with Gasteiger partial charge in [-0.15, -0.1) is 0 Å². The van der Waals surface area contributed by atoms with E-state index in [9.17, 15) is 4.79 Å². The molecule has 0 aliphatic carbocycles. The largest absolute Gasteiger partial charge is 0.381 e. The van der Waals surface area contributed by atoms with E-state index in [1.807, 2.05) is 0 Å². The molecule has 1 amide bonds. The Labute approximate surface area is 72.5 Å². The van der Waals surface area contributed by atoms with Gasteiger partial charge >= 0.3 is 0 Å². The monoisotopic (exact) mass is 172 g/mol. The molecule has 0 atom stereocenters. The lowest BCUT2D eigenvalue weighted by atomic mass is 9.87. The summed E-state index contributed by atoms with van der Waals surface area (Å²) in [6.07, 6.45) is 1.97. The highest BCUT2D eigenvalue weighted by Crippen LogP contribution is 2.20. The molecular formula is C8H16N2O2. The predicted molar refractivity (Wildman–Crippen MR) is 45.7 cm³/mol. The standard InChI is InChI=1S/C8H16N2O2/c1-10-7(11)6-8(9)2-4-12-5-3-8/h2-6,9H2,1H3,(H,10,11). The van der Waals surface area contributed by atoms with Crippen LogP contribution in [0.4, 0.5) is 0 Å². The molecule has 0 unspecified atom stereocenters. The first kappa shape index (κ1) is 9.48. The molecule has 0 radical (unpaired) electrons. The van der Waals surface area contributed by atoms with Gasteiger partial charge in [0.15, 0.2) is 0 Å². The summed E-state index contributed by atoms with van der Waals surface area (Å²) in [5.74, 6) is 0.0133. The van der Waals surface area contributed by atoms with E-state index in [0.717, 1.165) is 12.8 Å². The van der Waals surface area contributed by atoms with Crippen molar-refractivity contribution in [2.24, 2.45) is 5.73 Å². The van der Waals surface area contributed by atoms with Crippen LogP contribution in [0.2, 0.25) is 0 Å². The molecule has 4 heteroatoms. The Hall–Kier alpha value is -0.610. The minimum Gasteiger partial charge on any atom is -0.381 e. The number of carbonyl (C=O) groups is 1. The number of nitrogens with two attached hydrogens (primary N) is 1. The molecular weight excluding hydrogens is 156 g/mol. The second-order valence-corrected chi connectivity index (χ2v) is 3.32. The Kier molecular flexibility index (Phi) is 3.05. The molecule has 1 aliphatic heterocycles. The number of amides is 1. The molecule has 1 aliphatic rings. The molecule has 0 spiro atoms. The van der Waals surface area contributed by atoms with Gasteiger partial charge in [0, 0.05) is 32.2 Å². The average Bonchev–Trinajstić information content (AvgIpc) is 2.05. The summed E-state index contributed by atoms with van der Waals surface area (Å²) in [6.45, 7) is 1.35. The fourth-order valence-electron chi connectivity index (χ4n) is 1.36. The number of ether oxygens (including phenoxy) is 1. The van der Waals surface area contributed by atoms with Crippen LogP contribution in [-0.4, -0.2) is 31.7 Å². The summed E-state index contributed by atoms with van der Waals surface area (Å²) in [5.41, 5.74) is 5.66. The highest BCUT2D eigenvalue weighted by molar-refractivity contribution is 5.76. The molecule has 70 valence electrons. The SMILES string of the molecule is CNC(=O)CC1(N)CCOCC1. The quantitative estimate of drug-likeness (QED) is 0.597. The van der Waals surface area contributed by atoms with Gasteiger partial charge in [0.25, 0.3) is 0 Å². The van der Waals surface area contributed by atoms with E-state index in [-0.39, 0.29) is 11.4 Å².